The Kier molecular flexibility index (Phi) is 5.17. The molecule has 0 amide bonds. The zero-order valence-corrected chi connectivity index (χ0v) is 21.1. The first kappa shape index (κ1) is 21.9. The van der Waals surface area contributed by atoms with E-state index >= 15 is 0 Å². The summed E-state index contributed by atoms with van der Waals surface area (Å²) in [6.07, 6.45) is 6.01. The predicted molar refractivity (Wildman–Crippen MR) is 145 cm³/mol. The fraction of sp³-hybridized carbons (Fsp3) is 0.281. The van der Waals surface area contributed by atoms with Gasteiger partial charge in [-0.15, -0.1) is 0 Å². The summed E-state index contributed by atoms with van der Waals surface area (Å²) in [7, 11) is 1.74. The van der Waals surface area contributed by atoms with E-state index in [1.54, 1.807) is 7.11 Å². The maximum atomic E-state index is 5.67. The van der Waals surface area contributed by atoms with Crippen molar-refractivity contribution < 1.29 is 4.74 Å². The second-order valence-corrected chi connectivity index (χ2v) is 10.8. The first-order chi connectivity index (χ1) is 16.9. The molecule has 0 unspecified atom stereocenters. The maximum Gasteiger partial charge on any atom is 0.137 e. The van der Waals surface area contributed by atoms with Crippen molar-refractivity contribution in [3.8, 4) is 11.6 Å². The van der Waals surface area contributed by atoms with Gasteiger partial charge in [0.2, 0.25) is 0 Å². The zero-order chi connectivity index (χ0) is 24.2. The van der Waals surface area contributed by atoms with Crippen LogP contribution in [0.25, 0.3) is 27.6 Å². The largest absolute Gasteiger partial charge is 0.497 e. The minimum absolute atomic E-state index is 0.0465. The highest BCUT2D eigenvalue weighted by Gasteiger charge is 2.22. The van der Waals surface area contributed by atoms with Crippen LogP contribution in [0.1, 0.15) is 48.6 Å². The topological polar surface area (TPSA) is 27.1 Å². The Bertz CT molecular complexity index is 1550. The van der Waals surface area contributed by atoms with Crippen LogP contribution in [-0.4, -0.2) is 16.7 Å². The van der Waals surface area contributed by atoms with Crippen LogP contribution >= 0.6 is 0 Å². The average molecular weight is 461 g/mol. The molecule has 0 saturated heterocycles. The molecule has 0 N–H and O–H groups in total. The monoisotopic (exact) mass is 460 g/mol. The maximum absolute atomic E-state index is 5.67. The van der Waals surface area contributed by atoms with E-state index in [-0.39, 0.29) is 5.41 Å². The number of aromatic nitrogens is 2. The molecule has 35 heavy (non-hydrogen) atoms. The molecule has 3 aromatic carbocycles. The molecule has 3 nitrogen and oxygen atoms in total. The fourth-order valence-corrected chi connectivity index (χ4v) is 5.47. The Hall–Kier alpha value is -3.59. The molecule has 4 bridgehead atoms. The first-order valence-corrected chi connectivity index (χ1v) is 12.6. The minimum atomic E-state index is 0.0465. The van der Waals surface area contributed by atoms with Gasteiger partial charge < -0.3 is 4.74 Å². The molecule has 2 aromatic heterocycles. The van der Waals surface area contributed by atoms with Gasteiger partial charge in [-0.25, -0.2) is 4.98 Å². The van der Waals surface area contributed by atoms with Gasteiger partial charge in [0, 0.05) is 23.0 Å². The van der Waals surface area contributed by atoms with Crippen molar-refractivity contribution >= 4 is 21.8 Å². The normalized spacial score (nSPS) is 13.8. The zero-order valence-electron chi connectivity index (χ0n) is 21.1. The van der Waals surface area contributed by atoms with Gasteiger partial charge in [0.25, 0.3) is 0 Å². The summed E-state index contributed by atoms with van der Waals surface area (Å²) >= 11 is 0. The Morgan fingerprint density at radius 3 is 2.14 bits per heavy atom. The molecule has 2 heterocycles. The molecule has 4 aliphatic rings. The molecule has 4 aliphatic carbocycles. The lowest BCUT2D eigenvalue weighted by molar-refractivity contribution is 0.415. The molecule has 0 radical (unpaired) electrons. The molecule has 0 saturated carbocycles. The molecular formula is C32H32N2O. The third-order valence-electron chi connectivity index (χ3n) is 7.52. The highest BCUT2D eigenvalue weighted by molar-refractivity contribution is 6.12. The van der Waals surface area contributed by atoms with Crippen molar-refractivity contribution in [1.82, 2.24) is 9.55 Å². The Balaban J connectivity index is 1.70. The lowest BCUT2D eigenvalue weighted by atomic mass is 9.88. The smallest absolute Gasteiger partial charge is 0.137 e. The van der Waals surface area contributed by atoms with Crippen molar-refractivity contribution in [2.24, 2.45) is 0 Å². The third-order valence-corrected chi connectivity index (χ3v) is 7.52. The van der Waals surface area contributed by atoms with E-state index in [2.05, 4.69) is 92.1 Å². The van der Waals surface area contributed by atoms with Crippen molar-refractivity contribution in [1.29, 1.82) is 0 Å². The van der Waals surface area contributed by atoms with Crippen LogP contribution in [0, 0.1) is 0 Å². The SMILES string of the molecule is COc1ccc2c3c4ccc(c3n(-c3cc(C(C)(C)C)ccn3)c2c1)CCc1ccc(cc1)CC4. The molecule has 0 fully saturated rings. The predicted octanol–water partition coefficient (Wildman–Crippen LogP) is 7.37. The van der Waals surface area contributed by atoms with Gasteiger partial charge in [0.1, 0.15) is 11.6 Å². The summed E-state index contributed by atoms with van der Waals surface area (Å²) in [5.41, 5.74) is 9.33. The molecular weight excluding hydrogens is 428 g/mol. The van der Waals surface area contributed by atoms with Gasteiger partial charge in [0.05, 0.1) is 18.1 Å². The summed E-state index contributed by atoms with van der Waals surface area (Å²) in [5, 5.41) is 2.63. The highest BCUT2D eigenvalue weighted by atomic mass is 16.5. The van der Waals surface area contributed by atoms with Crippen LogP contribution in [-0.2, 0) is 31.1 Å². The minimum Gasteiger partial charge on any atom is -0.497 e. The number of pyridine rings is 1. The summed E-state index contributed by atoms with van der Waals surface area (Å²) in [5.74, 6) is 1.84. The summed E-state index contributed by atoms with van der Waals surface area (Å²) in [4.78, 5) is 4.90. The van der Waals surface area contributed by atoms with Crippen LogP contribution in [0.3, 0.4) is 0 Å². The number of rotatable bonds is 2. The van der Waals surface area contributed by atoms with Crippen LogP contribution in [0.5, 0.6) is 5.75 Å². The fourth-order valence-electron chi connectivity index (χ4n) is 5.47. The number of nitrogens with zero attached hydrogens (tertiary/aromatic N) is 2. The van der Waals surface area contributed by atoms with Gasteiger partial charge in [-0.3, -0.25) is 4.57 Å². The lowest BCUT2D eigenvalue weighted by Crippen LogP contribution is -2.12. The van der Waals surface area contributed by atoms with Crippen LogP contribution in [0.2, 0.25) is 0 Å². The van der Waals surface area contributed by atoms with Crippen LogP contribution in [0.15, 0.2) is 72.9 Å². The van der Waals surface area contributed by atoms with E-state index in [0.29, 0.717) is 0 Å². The number of fused-ring (bicyclic) bond motifs is 1. The molecule has 0 atom stereocenters. The number of hydrogen-bond donors (Lipinski definition) is 0. The van der Waals surface area contributed by atoms with Crippen molar-refractivity contribution in [3.05, 3.63) is 101 Å². The number of methoxy groups -OCH3 is 1. The van der Waals surface area contributed by atoms with E-state index in [0.717, 1.165) is 42.8 Å². The quantitative estimate of drug-likeness (QED) is 0.275. The standard InChI is InChI=1S/C32H32N2O/c1-32(2,3)25-17-18-33-29(19-25)34-28-20-26(35-4)15-16-27(28)30-23-11-9-21-5-7-22(8-6-21)10-12-24(14-13-23)31(30)34/h5-8,13-20H,9-12H2,1-4H3. The van der Waals surface area contributed by atoms with Crippen LogP contribution in [0.4, 0.5) is 0 Å². The second kappa shape index (κ2) is 8.27. The van der Waals surface area contributed by atoms with Crippen molar-refractivity contribution in [2.75, 3.05) is 7.11 Å². The molecule has 0 spiro atoms. The second-order valence-electron chi connectivity index (χ2n) is 10.8. The van der Waals surface area contributed by atoms with E-state index in [4.69, 9.17) is 9.72 Å². The van der Waals surface area contributed by atoms with E-state index in [1.807, 2.05) is 6.20 Å². The Morgan fingerprint density at radius 2 is 1.46 bits per heavy atom. The Morgan fingerprint density at radius 1 is 0.771 bits per heavy atom. The van der Waals surface area contributed by atoms with Gasteiger partial charge in [-0.05, 0) is 83.2 Å². The van der Waals surface area contributed by atoms with Gasteiger partial charge >= 0.3 is 0 Å². The number of hydrogen-bond acceptors (Lipinski definition) is 2. The molecule has 3 heteroatoms. The third kappa shape index (κ3) is 3.80. The Labute approximate surface area is 207 Å². The van der Waals surface area contributed by atoms with E-state index in [1.165, 1.54) is 44.1 Å². The van der Waals surface area contributed by atoms with E-state index in [9.17, 15) is 0 Å². The van der Waals surface area contributed by atoms with Crippen molar-refractivity contribution in [3.63, 3.8) is 0 Å². The van der Waals surface area contributed by atoms with Crippen LogP contribution < -0.4 is 4.74 Å². The molecule has 5 aromatic rings. The number of ether oxygens (including phenoxy) is 1. The number of aryl methyl sites for hydroxylation is 4. The number of benzene rings is 3. The lowest BCUT2D eigenvalue weighted by Gasteiger charge is -2.20. The molecule has 0 aliphatic heterocycles. The molecule has 9 rings (SSSR count). The van der Waals surface area contributed by atoms with Gasteiger partial charge in [-0.1, -0.05) is 57.2 Å². The van der Waals surface area contributed by atoms with E-state index < -0.39 is 0 Å². The average Bonchev–Trinajstić information content (AvgIpc) is 3.20. The first-order valence-electron chi connectivity index (χ1n) is 12.6. The van der Waals surface area contributed by atoms with Crippen molar-refractivity contribution in [2.45, 2.75) is 51.9 Å². The van der Waals surface area contributed by atoms with Gasteiger partial charge in [0.15, 0.2) is 0 Å². The van der Waals surface area contributed by atoms with Gasteiger partial charge in [-0.2, -0.15) is 0 Å². The summed E-state index contributed by atoms with van der Waals surface area (Å²) < 4.78 is 8.05. The highest BCUT2D eigenvalue weighted by Crippen LogP contribution is 2.39. The summed E-state index contributed by atoms with van der Waals surface area (Å²) in [6.45, 7) is 6.77. The summed E-state index contributed by atoms with van der Waals surface area (Å²) in [6, 6.07) is 24.8. The molecule has 176 valence electrons.